The van der Waals surface area contributed by atoms with Crippen LogP contribution in [0.3, 0.4) is 0 Å². The van der Waals surface area contributed by atoms with E-state index in [1.54, 1.807) is 0 Å². The second kappa shape index (κ2) is 6.64. The van der Waals surface area contributed by atoms with Crippen molar-refractivity contribution in [3.8, 4) is 0 Å². The second-order valence-electron chi connectivity index (χ2n) is 3.27. The van der Waals surface area contributed by atoms with Crippen molar-refractivity contribution < 1.29 is 24.2 Å². The lowest BCUT2D eigenvalue weighted by atomic mass is 10.1. The van der Waals surface area contributed by atoms with Crippen LogP contribution in [0.2, 0.25) is 0 Å². The maximum atomic E-state index is 11.5. The predicted molar refractivity (Wildman–Crippen MR) is 60.0 cm³/mol. The SMILES string of the molecule is COC(=O)CC[C@@H](NC(=O)c1cnsn1)C(=O)O. The molecule has 1 amide bonds. The minimum atomic E-state index is -1.23. The Bertz CT molecular complexity index is 433. The summed E-state index contributed by atoms with van der Waals surface area (Å²) in [5, 5.41) is 11.2. The van der Waals surface area contributed by atoms with Gasteiger partial charge in [0.15, 0.2) is 5.69 Å². The summed E-state index contributed by atoms with van der Waals surface area (Å²) in [4.78, 5) is 33.4. The molecule has 98 valence electrons. The summed E-state index contributed by atoms with van der Waals surface area (Å²) in [5.74, 6) is -2.40. The van der Waals surface area contributed by atoms with Gasteiger partial charge in [0.1, 0.15) is 6.04 Å². The summed E-state index contributed by atoms with van der Waals surface area (Å²) in [5.41, 5.74) is 0.0457. The molecule has 0 aliphatic heterocycles. The van der Waals surface area contributed by atoms with Gasteiger partial charge in [0.2, 0.25) is 0 Å². The molecule has 1 aromatic rings. The van der Waals surface area contributed by atoms with Crippen LogP contribution >= 0.6 is 11.7 Å². The van der Waals surface area contributed by atoms with Crippen molar-refractivity contribution in [3.05, 3.63) is 11.9 Å². The molecule has 0 aliphatic rings. The molecule has 1 rings (SSSR count). The highest BCUT2D eigenvalue weighted by molar-refractivity contribution is 6.99. The van der Waals surface area contributed by atoms with Gasteiger partial charge in [-0.15, -0.1) is 0 Å². The zero-order valence-electron chi connectivity index (χ0n) is 9.45. The van der Waals surface area contributed by atoms with Crippen LogP contribution in [0, 0.1) is 0 Å². The number of methoxy groups -OCH3 is 1. The number of ether oxygens (including phenoxy) is 1. The van der Waals surface area contributed by atoms with Gasteiger partial charge in [-0.1, -0.05) is 0 Å². The highest BCUT2D eigenvalue weighted by Gasteiger charge is 2.22. The molecule has 0 bridgehead atoms. The molecule has 1 heterocycles. The topological polar surface area (TPSA) is 118 Å². The van der Waals surface area contributed by atoms with Gasteiger partial charge < -0.3 is 15.2 Å². The normalized spacial score (nSPS) is 11.6. The number of nitrogens with one attached hydrogen (secondary N) is 1. The fourth-order valence-corrected chi connectivity index (χ4v) is 1.53. The number of carbonyl (C=O) groups excluding carboxylic acids is 2. The standard InChI is InChI=1S/C9H11N3O5S/c1-17-7(13)3-2-5(9(15)16)11-8(14)6-4-10-18-12-6/h4-5H,2-3H2,1H3,(H,11,14)(H,15,16)/t5-/m1/s1. The molecule has 2 N–H and O–H groups in total. The van der Waals surface area contributed by atoms with Gasteiger partial charge in [0, 0.05) is 6.42 Å². The number of hydrogen-bond acceptors (Lipinski definition) is 7. The zero-order valence-corrected chi connectivity index (χ0v) is 10.3. The maximum Gasteiger partial charge on any atom is 0.326 e. The molecule has 0 fully saturated rings. The van der Waals surface area contributed by atoms with Gasteiger partial charge in [0.05, 0.1) is 25.0 Å². The van der Waals surface area contributed by atoms with Crippen LogP contribution in [-0.4, -0.2) is 44.9 Å². The number of rotatable bonds is 6. The van der Waals surface area contributed by atoms with Crippen LogP contribution in [-0.2, 0) is 14.3 Å². The van der Waals surface area contributed by atoms with Gasteiger partial charge >= 0.3 is 11.9 Å². The van der Waals surface area contributed by atoms with Crippen LogP contribution in [0.1, 0.15) is 23.3 Å². The summed E-state index contributed by atoms with van der Waals surface area (Å²) in [7, 11) is 1.21. The van der Waals surface area contributed by atoms with E-state index < -0.39 is 23.9 Å². The number of hydrogen-bond donors (Lipinski definition) is 2. The Morgan fingerprint density at radius 3 is 2.78 bits per heavy atom. The number of nitrogens with zero attached hydrogens (tertiary/aromatic N) is 2. The first-order chi connectivity index (χ1) is 8.54. The molecule has 0 aromatic carbocycles. The number of amides is 1. The number of carbonyl (C=O) groups is 3. The Hall–Kier alpha value is -2.03. The number of esters is 1. The van der Waals surface area contributed by atoms with Crippen molar-refractivity contribution in [2.45, 2.75) is 18.9 Å². The average molecular weight is 273 g/mol. The van der Waals surface area contributed by atoms with Crippen molar-refractivity contribution in [2.24, 2.45) is 0 Å². The van der Waals surface area contributed by atoms with Gasteiger partial charge in [-0.3, -0.25) is 9.59 Å². The van der Waals surface area contributed by atoms with E-state index in [0.29, 0.717) is 0 Å². The number of aliphatic carboxylic acids is 1. The van der Waals surface area contributed by atoms with Crippen molar-refractivity contribution in [3.63, 3.8) is 0 Å². The Balaban J connectivity index is 2.55. The molecule has 0 unspecified atom stereocenters. The Kier molecular flexibility index (Phi) is 5.18. The summed E-state index contributed by atoms with van der Waals surface area (Å²) >= 11 is 0.843. The van der Waals surface area contributed by atoms with Gasteiger partial charge in [-0.05, 0) is 6.42 Å². The van der Waals surface area contributed by atoms with Gasteiger partial charge in [0.25, 0.3) is 5.91 Å². The van der Waals surface area contributed by atoms with E-state index in [1.165, 1.54) is 13.3 Å². The third kappa shape index (κ3) is 4.09. The summed E-state index contributed by atoms with van der Waals surface area (Å²) in [6, 6.07) is -1.17. The first-order valence-corrected chi connectivity index (χ1v) is 5.65. The van der Waals surface area contributed by atoms with E-state index in [0.717, 1.165) is 11.7 Å². The Morgan fingerprint density at radius 1 is 1.56 bits per heavy atom. The highest BCUT2D eigenvalue weighted by atomic mass is 32.1. The smallest absolute Gasteiger partial charge is 0.326 e. The lowest BCUT2D eigenvalue weighted by Crippen LogP contribution is -2.41. The molecule has 0 spiro atoms. The molecule has 1 atom stereocenters. The Morgan fingerprint density at radius 2 is 2.28 bits per heavy atom. The fourth-order valence-electron chi connectivity index (χ4n) is 1.12. The zero-order chi connectivity index (χ0) is 13.5. The van der Waals surface area contributed by atoms with Gasteiger partial charge in [-0.2, -0.15) is 8.75 Å². The van der Waals surface area contributed by atoms with E-state index >= 15 is 0 Å². The summed E-state index contributed by atoms with van der Waals surface area (Å²) in [6.07, 6.45) is 1.09. The first-order valence-electron chi connectivity index (χ1n) is 4.92. The molecule has 18 heavy (non-hydrogen) atoms. The molecule has 1 aromatic heterocycles. The lowest BCUT2D eigenvalue weighted by Gasteiger charge is -2.12. The molecular formula is C9H11N3O5S. The largest absolute Gasteiger partial charge is 0.480 e. The molecule has 0 saturated heterocycles. The fraction of sp³-hybridized carbons (Fsp3) is 0.444. The van der Waals surface area contributed by atoms with Crippen LogP contribution in [0.25, 0.3) is 0 Å². The maximum absolute atomic E-state index is 11.5. The minimum Gasteiger partial charge on any atom is -0.480 e. The van der Waals surface area contributed by atoms with Crippen LogP contribution in [0.15, 0.2) is 6.20 Å². The third-order valence-electron chi connectivity index (χ3n) is 2.06. The lowest BCUT2D eigenvalue weighted by molar-refractivity contribution is -0.142. The van der Waals surface area contributed by atoms with E-state index in [9.17, 15) is 14.4 Å². The minimum absolute atomic E-state index is 0.0457. The van der Waals surface area contributed by atoms with Crippen molar-refractivity contribution in [2.75, 3.05) is 7.11 Å². The molecule has 0 saturated carbocycles. The molecule has 9 heteroatoms. The first kappa shape index (κ1) is 14.0. The van der Waals surface area contributed by atoms with Crippen LogP contribution in [0.4, 0.5) is 0 Å². The van der Waals surface area contributed by atoms with Crippen molar-refractivity contribution >= 4 is 29.6 Å². The predicted octanol–water partition coefficient (Wildman–Crippen LogP) is -0.326. The van der Waals surface area contributed by atoms with E-state index in [4.69, 9.17) is 5.11 Å². The molecule has 0 radical (unpaired) electrons. The van der Waals surface area contributed by atoms with Crippen LogP contribution in [0.5, 0.6) is 0 Å². The summed E-state index contributed by atoms with van der Waals surface area (Å²) < 4.78 is 11.7. The second-order valence-corrected chi connectivity index (χ2v) is 3.83. The Labute approximate surface area is 106 Å². The molecule has 0 aliphatic carbocycles. The van der Waals surface area contributed by atoms with E-state index in [1.807, 2.05) is 0 Å². The molecule has 8 nitrogen and oxygen atoms in total. The van der Waals surface area contributed by atoms with E-state index in [-0.39, 0.29) is 18.5 Å². The third-order valence-corrected chi connectivity index (χ3v) is 2.54. The van der Waals surface area contributed by atoms with Gasteiger partial charge in [-0.25, -0.2) is 4.79 Å². The van der Waals surface area contributed by atoms with Crippen molar-refractivity contribution in [1.29, 1.82) is 0 Å². The van der Waals surface area contributed by atoms with Crippen LogP contribution < -0.4 is 5.32 Å². The monoisotopic (exact) mass is 273 g/mol. The van der Waals surface area contributed by atoms with Crippen molar-refractivity contribution in [1.82, 2.24) is 14.1 Å². The number of carboxylic acids is 1. The highest BCUT2D eigenvalue weighted by Crippen LogP contribution is 2.02. The average Bonchev–Trinajstić information content (AvgIpc) is 2.87. The quantitative estimate of drug-likeness (QED) is 0.681. The molecular weight excluding hydrogens is 262 g/mol. The number of aromatic nitrogens is 2. The van der Waals surface area contributed by atoms with E-state index in [2.05, 4.69) is 18.8 Å². The number of carboxylic acid groups (broad SMARTS) is 1. The summed E-state index contributed by atoms with van der Waals surface area (Å²) in [6.45, 7) is 0.